The Kier molecular flexibility index (Phi) is 5.27. The van der Waals surface area contributed by atoms with Gasteiger partial charge in [-0.2, -0.15) is 5.26 Å². The number of nitrogens with one attached hydrogen (secondary N) is 1. The minimum absolute atomic E-state index is 0.0156. The second-order valence-electron chi connectivity index (χ2n) is 4.37. The summed E-state index contributed by atoms with van der Waals surface area (Å²) in [6, 6.07) is 12.4. The van der Waals surface area contributed by atoms with Crippen LogP contribution in [0.1, 0.15) is 12.5 Å². The fraction of sp³-hybridized carbons (Fsp3) is 0.118. The average Bonchev–Trinajstić information content (AvgIpc) is 2.55. The Morgan fingerprint density at radius 3 is 2.73 bits per heavy atom. The highest BCUT2D eigenvalue weighted by Crippen LogP contribution is 2.16. The molecule has 0 bridgehead atoms. The zero-order valence-corrected chi connectivity index (χ0v) is 12.1. The molecule has 1 heterocycles. The van der Waals surface area contributed by atoms with Gasteiger partial charge in [-0.15, -0.1) is 0 Å². The summed E-state index contributed by atoms with van der Waals surface area (Å²) in [5, 5.41) is 11.8. The van der Waals surface area contributed by atoms with E-state index in [1.54, 1.807) is 48.8 Å². The first-order chi connectivity index (χ1) is 10.7. The predicted molar refractivity (Wildman–Crippen MR) is 84.1 cm³/mol. The normalized spacial score (nSPS) is 10.6. The molecule has 1 aromatic heterocycles. The lowest BCUT2D eigenvalue weighted by Gasteiger charge is -2.06. The molecule has 0 unspecified atom stereocenters. The quantitative estimate of drug-likeness (QED) is 0.679. The van der Waals surface area contributed by atoms with Crippen LogP contribution in [0.25, 0.3) is 6.08 Å². The summed E-state index contributed by atoms with van der Waals surface area (Å²) in [6.45, 7) is 2.48. The molecular formula is C17H15N3O2. The van der Waals surface area contributed by atoms with Gasteiger partial charge in [0.25, 0.3) is 5.91 Å². The average molecular weight is 293 g/mol. The van der Waals surface area contributed by atoms with Crippen LogP contribution in [-0.4, -0.2) is 17.5 Å². The van der Waals surface area contributed by atoms with Crippen molar-refractivity contribution in [1.82, 2.24) is 4.98 Å². The van der Waals surface area contributed by atoms with Gasteiger partial charge in [-0.25, -0.2) is 0 Å². The highest BCUT2D eigenvalue weighted by atomic mass is 16.5. The number of hydrogen-bond donors (Lipinski definition) is 1. The van der Waals surface area contributed by atoms with Crippen LogP contribution in [0.5, 0.6) is 5.75 Å². The molecule has 1 N–H and O–H groups in total. The third kappa shape index (κ3) is 4.18. The second-order valence-corrected chi connectivity index (χ2v) is 4.37. The molecule has 0 spiro atoms. The van der Waals surface area contributed by atoms with Gasteiger partial charge < -0.3 is 10.1 Å². The van der Waals surface area contributed by atoms with Crippen molar-refractivity contribution in [3.05, 3.63) is 59.9 Å². The summed E-state index contributed by atoms with van der Waals surface area (Å²) in [5.41, 5.74) is 1.31. The Labute approximate surface area is 128 Å². The summed E-state index contributed by atoms with van der Waals surface area (Å²) in [6.07, 6.45) is 4.71. The molecule has 0 saturated heterocycles. The lowest BCUT2D eigenvalue weighted by atomic mass is 10.1. The summed E-state index contributed by atoms with van der Waals surface area (Å²) in [4.78, 5) is 16.0. The molecule has 0 aliphatic heterocycles. The number of rotatable bonds is 5. The van der Waals surface area contributed by atoms with Crippen LogP contribution in [0.15, 0.2) is 54.4 Å². The van der Waals surface area contributed by atoms with E-state index in [1.807, 2.05) is 13.0 Å². The summed E-state index contributed by atoms with van der Waals surface area (Å²) in [7, 11) is 0. The van der Waals surface area contributed by atoms with Crippen molar-refractivity contribution in [2.24, 2.45) is 0 Å². The van der Waals surface area contributed by atoms with Crippen molar-refractivity contribution in [2.45, 2.75) is 6.92 Å². The third-order valence-corrected chi connectivity index (χ3v) is 2.78. The van der Waals surface area contributed by atoms with Crippen molar-refractivity contribution in [3.63, 3.8) is 0 Å². The Hall–Kier alpha value is -3.13. The molecule has 1 amide bonds. The minimum Gasteiger partial charge on any atom is -0.494 e. The maximum Gasteiger partial charge on any atom is 0.266 e. The second kappa shape index (κ2) is 7.60. The van der Waals surface area contributed by atoms with Crippen molar-refractivity contribution in [2.75, 3.05) is 11.9 Å². The van der Waals surface area contributed by atoms with E-state index in [9.17, 15) is 4.79 Å². The molecule has 22 heavy (non-hydrogen) atoms. The maximum atomic E-state index is 12.1. The molecule has 0 aliphatic carbocycles. The van der Waals surface area contributed by atoms with Crippen LogP contribution in [-0.2, 0) is 4.79 Å². The van der Waals surface area contributed by atoms with E-state index in [4.69, 9.17) is 10.00 Å². The number of benzene rings is 1. The maximum absolute atomic E-state index is 12.1. The van der Waals surface area contributed by atoms with E-state index >= 15 is 0 Å². The lowest BCUT2D eigenvalue weighted by Crippen LogP contribution is -2.13. The van der Waals surface area contributed by atoms with Gasteiger partial charge in [-0.05, 0) is 48.9 Å². The van der Waals surface area contributed by atoms with Crippen LogP contribution in [0.2, 0.25) is 0 Å². The van der Waals surface area contributed by atoms with Crippen LogP contribution < -0.4 is 10.1 Å². The molecule has 0 saturated carbocycles. The van der Waals surface area contributed by atoms with Crippen molar-refractivity contribution in [1.29, 1.82) is 5.26 Å². The number of pyridine rings is 1. The number of amides is 1. The monoisotopic (exact) mass is 293 g/mol. The fourth-order valence-electron chi connectivity index (χ4n) is 1.78. The van der Waals surface area contributed by atoms with Gasteiger partial charge in [-0.1, -0.05) is 6.07 Å². The molecule has 1 aromatic carbocycles. The first kappa shape index (κ1) is 15.3. The number of carbonyl (C=O) groups is 1. The van der Waals surface area contributed by atoms with E-state index in [0.717, 1.165) is 5.75 Å². The summed E-state index contributed by atoms with van der Waals surface area (Å²) < 4.78 is 5.33. The van der Waals surface area contributed by atoms with Crippen LogP contribution in [0.4, 0.5) is 5.69 Å². The van der Waals surface area contributed by atoms with Gasteiger partial charge in [-0.3, -0.25) is 9.78 Å². The number of nitriles is 1. The largest absolute Gasteiger partial charge is 0.494 e. The van der Waals surface area contributed by atoms with Crippen molar-refractivity contribution < 1.29 is 9.53 Å². The van der Waals surface area contributed by atoms with E-state index in [0.29, 0.717) is 17.9 Å². The first-order valence-electron chi connectivity index (χ1n) is 6.79. The smallest absolute Gasteiger partial charge is 0.266 e. The molecule has 2 aromatic rings. The van der Waals surface area contributed by atoms with Gasteiger partial charge >= 0.3 is 0 Å². The molecule has 0 fully saturated rings. The van der Waals surface area contributed by atoms with Crippen LogP contribution in [0, 0.1) is 11.3 Å². The van der Waals surface area contributed by atoms with Gasteiger partial charge in [0.15, 0.2) is 0 Å². The Balaban J connectivity index is 2.10. The van der Waals surface area contributed by atoms with E-state index in [1.165, 1.54) is 6.08 Å². The first-order valence-corrected chi connectivity index (χ1v) is 6.79. The Morgan fingerprint density at radius 2 is 2.14 bits per heavy atom. The van der Waals surface area contributed by atoms with Crippen molar-refractivity contribution >= 4 is 17.7 Å². The molecule has 0 radical (unpaired) electrons. The zero-order valence-electron chi connectivity index (χ0n) is 12.1. The molecule has 5 nitrogen and oxygen atoms in total. The fourth-order valence-corrected chi connectivity index (χ4v) is 1.78. The Bertz CT molecular complexity index is 701. The van der Waals surface area contributed by atoms with Gasteiger partial charge in [0.05, 0.1) is 6.61 Å². The van der Waals surface area contributed by atoms with Gasteiger partial charge in [0.1, 0.15) is 17.4 Å². The molecule has 0 aliphatic rings. The highest BCUT2D eigenvalue weighted by molar-refractivity contribution is 6.09. The third-order valence-electron chi connectivity index (χ3n) is 2.78. The predicted octanol–water partition coefficient (Wildman–Crippen LogP) is 3.03. The van der Waals surface area contributed by atoms with E-state index < -0.39 is 5.91 Å². The molecule has 0 atom stereocenters. The van der Waals surface area contributed by atoms with Gasteiger partial charge in [0.2, 0.25) is 0 Å². The standard InChI is InChI=1S/C17H15N3O2/c1-2-22-16-7-5-15(6-8-16)20-17(21)14(11-18)10-13-4-3-9-19-12-13/h3-10,12H,2H2,1H3,(H,20,21)/b14-10-. The molecule has 2 rings (SSSR count). The minimum atomic E-state index is -0.462. The number of nitrogens with zero attached hydrogens (tertiary/aromatic N) is 2. The lowest BCUT2D eigenvalue weighted by molar-refractivity contribution is -0.112. The van der Waals surface area contributed by atoms with E-state index in [-0.39, 0.29) is 5.57 Å². The summed E-state index contributed by atoms with van der Waals surface area (Å²) >= 11 is 0. The number of aromatic nitrogens is 1. The number of anilines is 1. The summed E-state index contributed by atoms with van der Waals surface area (Å²) in [5.74, 6) is 0.266. The highest BCUT2D eigenvalue weighted by Gasteiger charge is 2.09. The van der Waals surface area contributed by atoms with Crippen LogP contribution >= 0.6 is 0 Å². The molecule has 110 valence electrons. The van der Waals surface area contributed by atoms with E-state index in [2.05, 4.69) is 10.3 Å². The molecular weight excluding hydrogens is 278 g/mol. The number of carbonyl (C=O) groups excluding carboxylic acids is 1. The van der Waals surface area contributed by atoms with Crippen molar-refractivity contribution in [3.8, 4) is 11.8 Å². The Morgan fingerprint density at radius 1 is 1.36 bits per heavy atom. The topological polar surface area (TPSA) is 75.0 Å². The number of hydrogen-bond acceptors (Lipinski definition) is 4. The van der Waals surface area contributed by atoms with Crippen LogP contribution in [0.3, 0.4) is 0 Å². The SMILES string of the molecule is CCOc1ccc(NC(=O)/C(C#N)=C\c2cccnc2)cc1. The molecule has 5 heteroatoms. The van der Waals surface area contributed by atoms with Gasteiger partial charge in [0, 0.05) is 18.1 Å². The number of ether oxygens (including phenoxy) is 1. The zero-order chi connectivity index (χ0) is 15.8.